The van der Waals surface area contributed by atoms with E-state index in [0.717, 1.165) is 6.07 Å². The summed E-state index contributed by atoms with van der Waals surface area (Å²) in [6.45, 7) is 0. The second kappa shape index (κ2) is 6.53. The highest BCUT2D eigenvalue weighted by atomic mass is 19.1. The third-order valence-corrected chi connectivity index (χ3v) is 3.73. The molecular weight excluding hydrogens is 327 g/mol. The highest BCUT2D eigenvalue weighted by Crippen LogP contribution is 2.23. The summed E-state index contributed by atoms with van der Waals surface area (Å²) >= 11 is 0. The minimum absolute atomic E-state index is 0.0134. The maximum absolute atomic E-state index is 13.8. The highest BCUT2D eigenvalue weighted by molar-refractivity contribution is 6.20. The first-order valence-corrected chi connectivity index (χ1v) is 7.38. The van der Waals surface area contributed by atoms with E-state index in [4.69, 9.17) is 10.1 Å². The molecule has 6 nitrogen and oxygen atoms in total. The number of nitriles is 1. The SMILES string of the molecule is N#Cc1ccc(CCC(=O)ON2C(=O)c3ccccc3C2=O)c(F)c1. The lowest BCUT2D eigenvalue weighted by Crippen LogP contribution is -2.32. The summed E-state index contributed by atoms with van der Waals surface area (Å²) in [7, 11) is 0. The Labute approximate surface area is 142 Å². The van der Waals surface area contributed by atoms with Crippen molar-refractivity contribution in [3.63, 3.8) is 0 Å². The summed E-state index contributed by atoms with van der Waals surface area (Å²) in [6.07, 6.45) is -0.213. The molecule has 0 N–H and O–H groups in total. The average Bonchev–Trinajstić information content (AvgIpc) is 2.86. The van der Waals surface area contributed by atoms with Gasteiger partial charge < -0.3 is 4.84 Å². The molecule has 0 saturated carbocycles. The van der Waals surface area contributed by atoms with Crippen LogP contribution in [0.2, 0.25) is 0 Å². The quantitative estimate of drug-likeness (QED) is 0.799. The molecule has 0 spiro atoms. The number of halogens is 1. The molecule has 0 fully saturated rings. The van der Waals surface area contributed by atoms with Gasteiger partial charge in [-0.15, -0.1) is 0 Å². The van der Waals surface area contributed by atoms with Gasteiger partial charge in [-0.1, -0.05) is 23.3 Å². The zero-order chi connectivity index (χ0) is 18.0. The van der Waals surface area contributed by atoms with Gasteiger partial charge in [-0.3, -0.25) is 9.59 Å². The first kappa shape index (κ1) is 16.3. The standard InChI is InChI=1S/C18H11FN2O4/c19-15-9-11(10-20)5-6-12(15)7-8-16(22)25-21-17(23)13-3-1-2-4-14(13)18(21)24/h1-6,9H,7-8H2. The Hall–Kier alpha value is -3.53. The smallest absolute Gasteiger partial charge is 0.330 e. The van der Waals surface area contributed by atoms with Gasteiger partial charge in [0.25, 0.3) is 11.8 Å². The summed E-state index contributed by atoms with van der Waals surface area (Å²) < 4.78 is 13.8. The van der Waals surface area contributed by atoms with E-state index in [-0.39, 0.29) is 35.1 Å². The maximum atomic E-state index is 13.8. The van der Waals surface area contributed by atoms with Gasteiger partial charge >= 0.3 is 5.97 Å². The van der Waals surface area contributed by atoms with Gasteiger partial charge in [0.15, 0.2) is 0 Å². The molecule has 0 bridgehead atoms. The van der Waals surface area contributed by atoms with E-state index in [2.05, 4.69) is 0 Å². The highest BCUT2D eigenvalue weighted by Gasteiger charge is 2.38. The first-order chi connectivity index (χ1) is 12.0. The van der Waals surface area contributed by atoms with E-state index >= 15 is 0 Å². The Morgan fingerprint density at radius 3 is 2.32 bits per heavy atom. The van der Waals surface area contributed by atoms with Crippen LogP contribution in [-0.4, -0.2) is 22.8 Å². The van der Waals surface area contributed by atoms with Crippen LogP contribution in [0, 0.1) is 17.1 Å². The molecule has 1 aliphatic rings. The Kier molecular flexibility index (Phi) is 4.27. The molecule has 0 unspecified atom stereocenters. The van der Waals surface area contributed by atoms with Crippen LogP contribution in [0.3, 0.4) is 0 Å². The van der Waals surface area contributed by atoms with Crippen molar-refractivity contribution in [2.24, 2.45) is 0 Å². The normalized spacial score (nSPS) is 12.7. The van der Waals surface area contributed by atoms with Gasteiger partial charge in [0.1, 0.15) is 5.82 Å². The number of hydroxylamine groups is 2. The van der Waals surface area contributed by atoms with Crippen LogP contribution in [0.4, 0.5) is 4.39 Å². The monoisotopic (exact) mass is 338 g/mol. The molecule has 1 heterocycles. The van der Waals surface area contributed by atoms with Crippen molar-refractivity contribution in [1.82, 2.24) is 5.06 Å². The summed E-state index contributed by atoms with van der Waals surface area (Å²) in [4.78, 5) is 40.9. The lowest BCUT2D eigenvalue weighted by atomic mass is 10.1. The number of carbonyl (C=O) groups is 3. The Bertz CT molecular complexity index is 898. The van der Waals surface area contributed by atoms with Crippen LogP contribution in [0.1, 0.15) is 38.3 Å². The molecular formula is C18H11FN2O4. The van der Waals surface area contributed by atoms with Crippen molar-refractivity contribution >= 4 is 17.8 Å². The molecule has 2 aromatic carbocycles. The van der Waals surface area contributed by atoms with Gasteiger partial charge in [0.2, 0.25) is 0 Å². The predicted molar refractivity (Wildman–Crippen MR) is 82.5 cm³/mol. The van der Waals surface area contributed by atoms with Crippen molar-refractivity contribution in [1.29, 1.82) is 5.26 Å². The van der Waals surface area contributed by atoms with Crippen LogP contribution >= 0.6 is 0 Å². The summed E-state index contributed by atoms with van der Waals surface area (Å²) in [5.41, 5.74) is 0.741. The van der Waals surface area contributed by atoms with E-state index < -0.39 is 23.6 Å². The number of hydrogen-bond donors (Lipinski definition) is 0. The summed E-state index contributed by atoms with van der Waals surface area (Å²) in [5, 5.41) is 9.11. The molecule has 0 aromatic heterocycles. The fraction of sp³-hybridized carbons (Fsp3) is 0.111. The third kappa shape index (κ3) is 3.10. The number of hydrogen-bond acceptors (Lipinski definition) is 5. The Balaban J connectivity index is 1.64. The topological polar surface area (TPSA) is 87.5 Å². The fourth-order valence-electron chi connectivity index (χ4n) is 2.45. The van der Waals surface area contributed by atoms with E-state index in [9.17, 15) is 18.8 Å². The lowest BCUT2D eigenvalue weighted by Gasteiger charge is -2.12. The van der Waals surface area contributed by atoms with E-state index in [1.165, 1.54) is 24.3 Å². The third-order valence-electron chi connectivity index (χ3n) is 3.73. The van der Waals surface area contributed by atoms with Crippen LogP contribution in [0.5, 0.6) is 0 Å². The molecule has 25 heavy (non-hydrogen) atoms. The van der Waals surface area contributed by atoms with Gasteiger partial charge in [-0.2, -0.15) is 5.26 Å². The van der Waals surface area contributed by atoms with E-state index in [0.29, 0.717) is 5.06 Å². The number of amides is 2. The minimum atomic E-state index is -0.835. The Morgan fingerprint density at radius 2 is 1.76 bits per heavy atom. The van der Waals surface area contributed by atoms with E-state index in [1.807, 2.05) is 6.07 Å². The molecule has 3 rings (SSSR count). The number of imide groups is 1. The molecule has 2 aromatic rings. The van der Waals surface area contributed by atoms with Gasteiger partial charge in [0.05, 0.1) is 29.2 Å². The zero-order valence-electron chi connectivity index (χ0n) is 12.9. The largest absolute Gasteiger partial charge is 0.333 e. The van der Waals surface area contributed by atoms with E-state index in [1.54, 1.807) is 12.1 Å². The van der Waals surface area contributed by atoms with Crippen LogP contribution < -0.4 is 0 Å². The number of fused-ring (bicyclic) bond motifs is 1. The maximum Gasteiger partial charge on any atom is 0.333 e. The molecule has 7 heteroatoms. The first-order valence-electron chi connectivity index (χ1n) is 7.38. The predicted octanol–water partition coefficient (Wildman–Crippen LogP) is 2.38. The van der Waals surface area contributed by atoms with Crippen LogP contribution in [0.25, 0.3) is 0 Å². The molecule has 0 radical (unpaired) electrons. The minimum Gasteiger partial charge on any atom is -0.330 e. The van der Waals surface area contributed by atoms with Crippen molar-refractivity contribution in [3.8, 4) is 6.07 Å². The fourth-order valence-corrected chi connectivity index (χ4v) is 2.45. The number of carbonyl (C=O) groups excluding carboxylic acids is 3. The zero-order valence-corrected chi connectivity index (χ0v) is 12.9. The van der Waals surface area contributed by atoms with Crippen molar-refractivity contribution in [3.05, 3.63) is 70.5 Å². The van der Waals surface area contributed by atoms with Crippen LogP contribution in [-0.2, 0) is 16.1 Å². The molecule has 124 valence electrons. The molecule has 0 aliphatic carbocycles. The Morgan fingerprint density at radius 1 is 1.12 bits per heavy atom. The van der Waals surface area contributed by atoms with Gasteiger partial charge in [0, 0.05) is 0 Å². The second-order valence-electron chi connectivity index (χ2n) is 5.33. The van der Waals surface area contributed by atoms with Gasteiger partial charge in [-0.05, 0) is 36.2 Å². The summed E-state index contributed by atoms with van der Waals surface area (Å²) in [6, 6.07) is 11.9. The van der Waals surface area contributed by atoms with Crippen molar-refractivity contribution in [2.75, 3.05) is 0 Å². The molecule has 2 amide bonds. The molecule has 1 aliphatic heterocycles. The number of aryl methyl sites for hydroxylation is 1. The number of benzene rings is 2. The van der Waals surface area contributed by atoms with Crippen molar-refractivity contribution < 1.29 is 23.6 Å². The number of rotatable bonds is 4. The van der Waals surface area contributed by atoms with Gasteiger partial charge in [-0.25, -0.2) is 9.18 Å². The van der Waals surface area contributed by atoms with Crippen LogP contribution in [0.15, 0.2) is 42.5 Å². The molecule has 0 saturated heterocycles. The lowest BCUT2D eigenvalue weighted by molar-refractivity contribution is -0.168. The summed E-state index contributed by atoms with van der Waals surface area (Å²) in [5.74, 6) is -2.86. The average molecular weight is 338 g/mol. The second-order valence-corrected chi connectivity index (χ2v) is 5.33. The molecule has 0 atom stereocenters. The number of nitrogens with zero attached hydrogens (tertiary/aromatic N) is 2. The van der Waals surface area contributed by atoms with Crippen molar-refractivity contribution in [2.45, 2.75) is 12.8 Å².